The Morgan fingerprint density at radius 1 is 0.857 bits per heavy atom. The maximum Gasteiger partial charge on any atom is 0.343 e. The van der Waals surface area contributed by atoms with Crippen molar-refractivity contribution in [1.82, 2.24) is 5.43 Å². The van der Waals surface area contributed by atoms with Crippen LogP contribution in [0.1, 0.15) is 46.0 Å². The van der Waals surface area contributed by atoms with E-state index >= 15 is 0 Å². The summed E-state index contributed by atoms with van der Waals surface area (Å²) in [5.74, 6) is 1.10. The minimum absolute atomic E-state index is 0.264. The fourth-order valence-corrected chi connectivity index (χ4v) is 3.00. The van der Waals surface area contributed by atoms with Gasteiger partial charge in [0.15, 0.2) is 11.5 Å². The number of amides is 1. The molecule has 0 heterocycles. The molecule has 0 unspecified atom stereocenters. The maximum absolute atomic E-state index is 12.6. The summed E-state index contributed by atoms with van der Waals surface area (Å²) in [6.45, 7) is 2.73. The molecule has 0 atom stereocenters. The first kappa shape index (κ1) is 25.3. The molecule has 0 spiro atoms. The summed E-state index contributed by atoms with van der Waals surface area (Å²) in [6, 6.07) is 18.4. The summed E-state index contributed by atoms with van der Waals surface area (Å²) in [4.78, 5) is 24.8. The van der Waals surface area contributed by atoms with E-state index < -0.39 is 5.97 Å². The molecule has 0 aliphatic rings. The van der Waals surface area contributed by atoms with Crippen LogP contribution in [0.15, 0.2) is 71.8 Å². The summed E-state index contributed by atoms with van der Waals surface area (Å²) in [6.07, 6.45) is 3.49. The Labute approximate surface area is 204 Å². The van der Waals surface area contributed by atoms with E-state index in [1.54, 1.807) is 73.8 Å². The Balaban J connectivity index is 1.60. The number of esters is 1. The van der Waals surface area contributed by atoms with Crippen molar-refractivity contribution in [3.8, 4) is 23.0 Å². The Kier molecular flexibility index (Phi) is 9.24. The standard InChI is InChI=1S/C27H28N2O6/c1-4-5-16-34-23-13-9-21(10-14-23)27(31)35-24-15-6-19(17-25(24)33-3)18-28-29-26(30)20-7-11-22(32-2)12-8-20/h6-15,17-18H,4-5,16H2,1-3H3,(H,29,30). The van der Waals surface area contributed by atoms with Gasteiger partial charge in [-0.3, -0.25) is 4.79 Å². The Hall–Kier alpha value is -4.33. The van der Waals surface area contributed by atoms with Gasteiger partial charge in [0, 0.05) is 5.56 Å². The molecular weight excluding hydrogens is 448 g/mol. The van der Waals surface area contributed by atoms with Crippen LogP contribution in [0.2, 0.25) is 0 Å². The fraction of sp³-hybridized carbons (Fsp3) is 0.222. The molecule has 0 bridgehead atoms. The average molecular weight is 477 g/mol. The van der Waals surface area contributed by atoms with E-state index in [1.807, 2.05) is 0 Å². The second kappa shape index (κ2) is 12.8. The van der Waals surface area contributed by atoms with Gasteiger partial charge in [0.25, 0.3) is 5.91 Å². The third kappa shape index (κ3) is 7.33. The minimum atomic E-state index is -0.517. The van der Waals surface area contributed by atoms with E-state index in [1.165, 1.54) is 13.3 Å². The van der Waals surface area contributed by atoms with Crippen molar-refractivity contribution in [2.45, 2.75) is 19.8 Å². The third-order valence-electron chi connectivity index (χ3n) is 4.98. The Morgan fingerprint density at radius 2 is 1.54 bits per heavy atom. The molecule has 182 valence electrons. The number of nitrogens with one attached hydrogen (secondary N) is 1. The summed E-state index contributed by atoms with van der Waals surface area (Å²) >= 11 is 0. The zero-order valence-corrected chi connectivity index (χ0v) is 19.9. The van der Waals surface area contributed by atoms with Gasteiger partial charge in [-0.15, -0.1) is 0 Å². The number of rotatable bonds is 11. The molecule has 0 fully saturated rings. The van der Waals surface area contributed by atoms with Crippen LogP contribution in [-0.2, 0) is 0 Å². The Bertz CT molecular complexity index is 1160. The predicted octanol–water partition coefficient (Wildman–Crippen LogP) is 4.87. The SMILES string of the molecule is CCCCOc1ccc(C(=O)Oc2ccc(C=NNC(=O)c3ccc(OC)cc3)cc2OC)cc1. The predicted molar refractivity (Wildman–Crippen MR) is 133 cm³/mol. The molecule has 0 aromatic heterocycles. The second-order valence-electron chi connectivity index (χ2n) is 7.45. The number of unbranched alkanes of at least 4 members (excludes halogenated alkanes) is 1. The van der Waals surface area contributed by atoms with Crippen molar-refractivity contribution in [3.05, 3.63) is 83.4 Å². The van der Waals surface area contributed by atoms with Gasteiger partial charge in [-0.05, 0) is 78.7 Å². The van der Waals surface area contributed by atoms with Crippen molar-refractivity contribution in [2.75, 3.05) is 20.8 Å². The molecule has 8 heteroatoms. The smallest absolute Gasteiger partial charge is 0.343 e. The normalized spacial score (nSPS) is 10.6. The molecule has 1 N–H and O–H groups in total. The van der Waals surface area contributed by atoms with Gasteiger partial charge in [-0.2, -0.15) is 5.10 Å². The fourth-order valence-electron chi connectivity index (χ4n) is 3.00. The number of carbonyl (C=O) groups is 2. The van der Waals surface area contributed by atoms with Crippen molar-refractivity contribution in [1.29, 1.82) is 0 Å². The van der Waals surface area contributed by atoms with Crippen LogP contribution < -0.4 is 24.4 Å². The lowest BCUT2D eigenvalue weighted by molar-refractivity contribution is 0.0729. The molecule has 0 saturated carbocycles. The molecule has 3 aromatic carbocycles. The first-order valence-corrected chi connectivity index (χ1v) is 11.1. The third-order valence-corrected chi connectivity index (χ3v) is 4.98. The summed E-state index contributed by atoms with van der Waals surface area (Å²) in [5.41, 5.74) is 3.95. The van der Waals surface area contributed by atoms with E-state index in [2.05, 4.69) is 17.5 Å². The highest BCUT2D eigenvalue weighted by atomic mass is 16.6. The lowest BCUT2D eigenvalue weighted by Crippen LogP contribution is -2.17. The van der Waals surface area contributed by atoms with Gasteiger partial charge in [0.2, 0.25) is 0 Å². The summed E-state index contributed by atoms with van der Waals surface area (Å²) in [5, 5.41) is 3.98. The largest absolute Gasteiger partial charge is 0.497 e. The summed E-state index contributed by atoms with van der Waals surface area (Å²) in [7, 11) is 3.03. The van der Waals surface area contributed by atoms with E-state index in [9.17, 15) is 9.59 Å². The first-order chi connectivity index (χ1) is 17.0. The quantitative estimate of drug-likeness (QED) is 0.140. The van der Waals surface area contributed by atoms with Gasteiger partial charge in [-0.25, -0.2) is 10.2 Å². The monoisotopic (exact) mass is 476 g/mol. The maximum atomic E-state index is 12.6. The number of methoxy groups -OCH3 is 2. The molecular formula is C27H28N2O6. The van der Waals surface area contributed by atoms with E-state index in [0.717, 1.165) is 12.8 Å². The molecule has 1 amide bonds. The molecule has 8 nitrogen and oxygen atoms in total. The van der Waals surface area contributed by atoms with Crippen LogP contribution >= 0.6 is 0 Å². The number of hydrazone groups is 1. The summed E-state index contributed by atoms with van der Waals surface area (Å²) < 4.78 is 21.6. The Morgan fingerprint density at radius 3 is 2.20 bits per heavy atom. The van der Waals surface area contributed by atoms with E-state index in [0.29, 0.717) is 40.5 Å². The zero-order chi connectivity index (χ0) is 25.0. The highest BCUT2D eigenvalue weighted by molar-refractivity contribution is 5.95. The molecule has 0 aliphatic heterocycles. The van der Waals surface area contributed by atoms with Gasteiger partial charge in [0.1, 0.15) is 11.5 Å². The number of nitrogens with zero attached hydrogens (tertiary/aromatic N) is 1. The van der Waals surface area contributed by atoms with Crippen LogP contribution in [0.25, 0.3) is 0 Å². The molecule has 35 heavy (non-hydrogen) atoms. The first-order valence-electron chi connectivity index (χ1n) is 11.1. The highest BCUT2D eigenvalue weighted by Gasteiger charge is 2.13. The lowest BCUT2D eigenvalue weighted by atomic mass is 10.2. The topological polar surface area (TPSA) is 95.5 Å². The van der Waals surface area contributed by atoms with Gasteiger partial charge < -0.3 is 18.9 Å². The van der Waals surface area contributed by atoms with Gasteiger partial charge >= 0.3 is 5.97 Å². The number of hydrogen-bond donors (Lipinski definition) is 1. The zero-order valence-electron chi connectivity index (χ0n) is 19.9. The van der Waals surface area contributed by atoms with E-state index in [4.69, 9.17) is 18.9 Å². The minimum Gasteiger partial charge on any atom is -0.497 e. The van der Waals surface area contributed by atoms with E-state index in [-0.39, 0.29) is 11.7 Å². The highest BCUT2D eigenvalue weighted by Crippen LogP contribution is 2.28. The molecule has 0 saturated heterocycles. The van der Waals surface area contributed by atoms with Gasteiger partial charge in [0.05, 0.1) is 32.6 Å². The van der Waals surface area contributed by atoms with Crippen molar-refractivity contribution >= 4 is 18.1 Å². The molecule has 0 radical (unpaired) electrons. The van der Waals surface area contributed by atoms with Crippen LogP contribution in [0.5, 0.6) is 23.0 Å². The second-order valence-corrected chi connectivity index (χ2v) is 7.45. The number of benzene rings is 3. The molecule has 3 rings (SSSR count). The lowest BCUT2D eigenvalue weighted by Gasteiger charge is -2.10. The average Bonchev–Trinajstić information content (AvgIpc) is 2.90. The van der Waals surface area contributed by atoms with Crippen molar-refractivity contribution < 1.29 is 28.5 Å². The van der Waals surface area contributed by atoms with Crippen LogP contribution in [0, 0.1) is 0 Å². The van der Waals surface area contributed by atoms with Gasteiger partial charge in [-0.1, -0.05) is 13.3 Å². The number of carbonyl (C=O) groups excluding carboxylic acids is 2. The molecule has 0 aliphatic carbocycles. The molecule has 3 aromatic rings. The van der Waals surface area contributed by atoms with Crippen LogP contribution in [-0.4, -0.2) is 38.9 Å². The van der Waals surface area contributed by atoms with Crippen molar-refractivity contribution in [3.63, 3.8) is 0 Å². The van der Waals surface area contributed by atoms with Crippen LogP contribution in [0.3, 0.4) is 0 Å². The van der Waals surface area contributed by atoms with Crippen molar-refractivity contribution in [2.24, 2.45) is 5.10 Å². The van der Waals surface area contributed by atoms with Crippen LogP contribution in [0.4, 0.5) is 0 Å². The number of ether oxygens (including phenoxy) is 4. The number of hydrogen-bond acceptors (Lipinski definition) is 7.